The van der Waals surface area contributed by atoms with E-state index in [1.54, 1.807) is 37.3 Å². The van der Waals surface area contributed by atoms with Crippen LogP contribution in [0.1, 0.15) is 20.8 Å². The minimum atomic E-state index is -0.712. The van der Waals surface area contributed by atoms with E-state index >= 15 is 0 Å². The number of amides is 1. The van der Waals surface area contributed by atoms with Crippen LogP contribution in [0.5, 0.6) is 11.5 Å². The Morgan fingerprint density at radius 3 is 2.36 bits per heavy atom. The number of hydrogen-bond donors (Lipinski definition) is 1. The summed E-state index contributed by atoms with van der Waals surface area (Å²) in [5.74, 6) is 1.36. The van der Waals surface area contributed by atoms with Crippen LogP contribution in [0.15, 0.2) is 42.5 Å². The second-order valence-corrected chi connectivity index (χ2v) is 6.90. The second-order valence-electron chi connectivity index (χ2n) is 6.05. The minimum absolute atomic E-state index is 0.276. The van der Waals surface area contributed by atoms with E-state index in [0.717, 1.165) is 5.75 Å². The highest BCUT2D eigenvalue weighted by atomic mass is 35.5. The van der Waals surface area contributed by atoms with Gasteiger partial charge in [0.2, 0.25) is 0 Å². The SMILES string of the molecule is CC(C)COc1ccc(NC(=O)[C@H](C)Oc2ccc(Cl)cc2Cl)cc1. The Hall–Kier alpha value is -1.91. The number of hydrogen-bond acceptors (Lipinski definition) is 3. The van der Waals surface area contributed by atoms with Crippen molar-refractivity contribution in [1.82, 2.24) is 0 Å². The van der Waals surface area contributed by atoms with Gasteiger partial charge in [0.15, 0.2) is 6.10 Å². The molecule has 134 valence electrons. The summed E-state index contributed by atoms with van der Waals surface area (Å²) in [4.78, 5) is 12.3. The lowest BCUT2D eigenvalue weighted by atomic mass is 10.2. The smallest absolute Gasteiger partial charge is 0.265 e. The van der Waals surface area contributed by atoms with E-state index in [-0.39, 0.29) is 5.91 Å². The summed E-state index contributed by atoms with van der Waals surface area (Å²) in [5.41, 5.74) is 0.666. The fraction of sp³-hybridized carbons (Fsp3) is 0.316. The number of anilines is 1. The van der Waals surface area contributed by atoms with Gasteiger partial charge >= 0.3 is 0 Å². The first-order valence-electron chi connectivity index (χ1n) is 8.00. The molecule has 6 heteroatoms. The summed E-state index contributed by atoms with van der Waals surface area (Å²) in [6, 6.07) is 12.1. The molecule has 0 aromatic heterocycles. The number of nitrogens with one attached hydrogen (secondary N) is 1. The van der Waals surface area contributed by atoms with Crippen molar-refractivity contribution in [2.75, 3.05) is 11.9 Å². The van der Waals surface area contributed by atoms with Crippen LogP contribution in [-0.4, -0.2) is 18.6 Å². The number of carbonyl (C=O) groups excluding carboxylic acids is 1. The van der Waals surface area contributed by atoms with E-state index in [0.29, 0.717) is 34.0 Å². The largest absolute Gasteiger partial charge is 0.493 e. The molecule has 1 atom stereocenters. The molecular weight excluding hydrogens is 361 g/mol. The van der Waals surface area contributed by atoms with Gasteiger partial charge in [-0.3, -0.25) is 4.79 Å². The van der Waals surface area contributed by atoms with Gasteiger partial charge in [0, 0.05) is 10.7 Å². The summed E-state index contributed by atoms with van der Waals surface area (Å²) in [7, 11) is 0. The Morgan fingerprint density at radius 1 is 1.08 bits per heavy atom. The Balaban J connectivity index is 1.92. The van der Waals surface area contributed by atoms with Crippen molar-refractivity contribution in [1.29, 1.82) is 0 Å². The molecule has 2 rings (SSSR count). The summed E-state index contributed by atoms with van der Waals surface area (Å²) >= 11 is 11.9. The summed E-state index contributed by atoms with van der Waals surface area (Å²) in [6.07, 6.45) is -0.712. The third kappa shape index (κ3) is 6.15. The molecule has 2 aromatic carbocycles. The number of carbonyl (C=O) groups is 1. The molecular formula is C19H21Cl2NO3. The lowest BCUT2D eigenvalue weighted by Crippen LogP contribution is -2.30. The molecule has 1 N–H and O–H groups in total. The van der Waals surface area contributed by atoms with E-state index in [2.05, 4.69) is 19.2 Å². The van der Waals surface area contributed by atoms with Gasteiger partial charge < -0.3 is 14.8 Å². The fourth-order valence-corrected chi connectivity index (χ4v) is 2.41. The molecule has 0 bridgehead atoms. The van der Waals surface area contributed by atoms with Crippen molar-refractivity contribution in [3.63, 3.8) is 0 Å². The summed E-state index contributed by atoms with van der Waals surface area (Å²) in [6.45, 7) is 6.48. The van der Waals surface area contributed by atoms with E-state index < -0.39 is 6.10 Å². The van der Waals surface area contributed by atoms with Gasteiger partial charge in [0.05, 0.1) is 11.6 Å². The molecule has 1 amide bonds. The first kappa shape index (κ1) is 19.4. The van der Waals surface area contributed by atoms with Gasteiger partial charge in [-0.25, -0.2) is 0 Å². The maximum absolute atomic E-state index is 12.3. The van der Waals surface area contributed by atoms with E-state index in [1.807, 2.05) is 12.1 Å². The Labute approximate surface area is 158 Å². The van der Waals surface area contributed by atoms with Gasteiger partial charge in [0.1, 0.15) is 11.5 Å². The molecule has 0 aliphatic heterocycles. The number of halogens is 2. The van der Waals surface area contributed by atoms with Crippen LogP contribution in [0.2, 0.25) is 10.0 Å². The average molecular weight is 382 g/mol. The zero-order chi connectivity index (χ0) is 18.4. The Bertz CT molecular complexity index is 717. The van der Waals surface area contributed by atoms with Crippen molar-refractivity contribution >= 4 is 34.8 Å². The van der Waals surface area contributed by atoms with Gasteiger partial charge in [0.25, 0.3) is 5.91 Å². The van der Waals surface area contributed by atoms with Gasteiger partial charge in [-0.05, 0) is 55.3 Å². The molecule has 0 fully saturated rings. The molecule has 0 saturated heterocycles. The van der Waals surface area contributed by atoms with Crippen molar-refractivity contribution in [2.45, 2.75) is 26.9 Å². The molecule has 0 unspecified atom stereocenters. The van der Waals surface area contributed by atoms with Gasteiger partial charge in [-0.1, -0.05) is 37.0 Å². The zero-order valence-electron chi connectivity index (χ0n) is 14.4. The predicted molar refractivity (Wildman–Crippen MR) is 102 cm³/mol. The predicted octanol–water partition coefficient (Wildman–Crippen LogP) is 5.43. The molecule has 25 heavy (non-hydrogen) atoms. The summed E-state index contributed by atoms with van der Waals surface area (Å²) < 4.78 is 11.2. The average Bonchev–Trinajstić information content (AvgIpc) is 2.56. The van der Waals surface area contributed by atoms with Crippen molar-refractivity contribution < 1.29 is 14.3 Å². The maximum atomic E-state index is 12.3. The molecule has 4 nitrogen and oxygen atoms in total. The molecule has 0 aliphatic carbocycles. The second kappa shape index (κ2) is 8.97. The number of rotatable bonds is 7. The third-order valence-corrected chi connectivity index (χ3v) is 3.80. The van der Waals surface area contributed by atoms with Crippen LogP contribution in [0.25, 0.3) is 0 Å². The zero-order valence-corrected chi connectivity index (χ0v) is 15.9. The van der Waals surface area contributed by atoms with Crippen molar-refractivity contribution in [3.05, 3.63) is 52.5 Å². The lowest BCUT2D eigenvalue weighted by molar-refractivity contribution is -0.122. The van der Waals surface area contributed by atoms with Crippen LogP contribution in [-0.2, 0) is 4.79 Å². The van der Waals surface area contributed by atoms with Crippen molar-refractivity contribution in [3.8, 4) is 11.5 Å². The van der Waals surface area contributed by atoms with Gasteiger partial charge in [-0.15, -0.1) is 0 Å². The summed E-state index contributed by atoms with van der Waals surface area (Å²) in [5, 5.41) is 3.66. The Kier molecular flexibility index (Phi) is 6.97. The van der Waals surface area contributed by atoms with E-state index in [1.165, 1.54) is 0 Å². The normalized spacial score (nSPS) is 11.9. The molecule has 0 spiro atoms. The highest BCUT2D eigenvalue weighted by molar-refractivity contribution is 6.35. The van der Waals surface area contributed by atoms with E-state index in [9.17, 15) is 4.79 Å². The van der Waals surface area contributed by atoms with Crippen LogP contribution in [0.4, 0.5) is 5.69 Å². The number of ether oxygens (including phenoxy) is 2. The quantitative estimate of drug-likeness (QED) is 0.694. The highest BCUT2D eigenvalue weighted by Crippen LogP contribution is 2.28. The lowest BCUT2D eigenvalue weighted by Gasteiger charge is -2.16. The van der Waals surface area contributed by atoms with Crippen LogP contribution >= 0.6 is 23.2 Å². The molecule has 0 radical (unpaired) electrons. The van der Waals surface area contributed by atoms with Gasteiger partial charge in [-0.2, -0.15) is 0 Å². The number of benzene rings is 2. The monoisotopic (exact) mass is 381 g/mol. The first-order valence-corrected chi connectivity index (χ1v) is 8.76. The standard InChI is InChI=1S/C19H21Cl2NO3/c1-12(2)11-24-16-7-5-15(6-8-16)22-19(23)13(3)25-18-9-4-14(20)10-17(18)21/h4-10,12-13H,11H2,1-3H3,(H,22,23)/t13-/m0/s1. The third-order valence-electron chi connectivity index (χ3n) is 3.27. The minimum Gasteiger partial charge on any atom is -0.493 e. The highest BCUT2D eigenvalue weighted by Gasteiger charge is 2.16. The first-order chi connectivity index (χ1) is 11.8. The van der Waals surface area contributed by atoms with Crippen LogP contribution in [0.3, 0.4) is 0 Å². The fourth-order valence-electron chi connectivity index (χ4n) is 1.96. The van der Waals surface area contributed by atoms with Crippen molar-refractivity contribution in [2.24, 2.45) is 5.92 Å². The molecule has 0 aliphatic rings. The Morgan fingerprint density at radius 2 is 1.76 bits per heavy atom. The van der Waals surface area contributed by atoms with Crippen LogP contribution in [0, 0.1) is 5.92 Å². The molecule has 2 aromatic rings. The maximum Gasteiger partial charge on any atom is 0.265 e. The topological polar surface area (TPSA) is 47.6 Å². The van der Waals surface area contributed by atoms with E-state index in [4.69, 9.17) is 32.7 Å². The van der Waals surface area contributed by atoms with Crippen LogP contribution < -0.4 is 14.8 Å². The molecule has 0 heterocycles. The molecule has 0 saturated carbocycles.